The van der Waals surface area contributed by atoms with Gasteiger partial charge in [0.2, 0.25) is 5.13 Å². The molecule has 1 N–H and O–H groups in total. The van der Waals surface area contributed by atoms with E-state index >= 15 is 0 Å². The number of hydrogen-bond donors (Lipinski definition) is 1. The molecule has 4 rings (SSSR count). The molecule has 0 fully saturated rings. The summed E-state index contributed by atoms with van der Waals surface area (Å²) in [6.45, 7) is 4.48. The summed E-state index contributed by atoms with van der Waals surface area (Å²) in [5, 5.41) is 10.2. The van der Waals surface area contributed by atoms with E-state index in [1.165, 1.54) is 11.3 Å². The molecule has 152 valence electrons. The average molecular weight is 530 g/mol. The maximum atomic E-state index is 12.8. The molecule has 2 aromatic carbocycles. The van der Waals surface area contributed by atoms with Crippen molar-refractivity contribution in [2.75, 3.05) is 11.9 Å². The Labute approximate surface area is 192 Å². The standard InChI is InChI=1S/C22H19IN4O2S/c1-3-29-16-10-8-15(9-11-16)19-13-30-22(24-19)27-20(12-14(2)26-27)25-21(28)17-6-4-5-7-18(17)23/h4-13H,3H2,1-2H3,(H,25,28). The van der Waals surface area contributed by atoms with Gasteiger partial charge in [0, 0.05) is 20.6 Å². The van der Waals surface area contributed by atoms with Crippen molar-refractivity contribution < 1.29 is 9.53 Å². The van der Waals surface area contributed by atoms with Gasteiger partial charge in [0.05, 0.1) is 23.6 Å². The Bertz CT molecular complexity index is 1180. The van der Waals surface area contributed by atoms with Crippen molar-refractivity contribution in [1.29, 1.82) is 0 Å². The highest BCUT2D eigenvalue weighted by atomic mass is 127. The Hall–Kier alpha value is -2.72. The number of benzene rings is 2. The minimum Gasteiger partial charge on any atom is -0.494 e. The molecule has 0 aliphatic rings. The molecule has 1 amide bonds. The largest absolute Gasteiger partial charge is 0.494 e. The normalized spacial score (nSPS) is 10.8. The topological polar surface area (TPSA) is 69.0 Å². The molecule has 0 spiro atoms. The summed E-state index contributed by atoms with van der Waals surface area (Å²) >= 11 is 3.63. The smallest absolute Gasteiger partial charge is 0.257 e. The van der Waals surface area contributed by atoms with Gasteiger partial charge < -0.3 is 10.1 Å². The van der Waals surface area contributed by atoms with Gasteiger partial charge >= 0.3 is 0 Å². The molecule has 0 unspecified atom stereocenters. The van der Waals surface area contributed by atoms with E-state index < -0.39 is 0 Å². The van der Waals surface area contributed by atoms with Crippen LogP contribution in [0.5, 0.6) is 5.75 Å². The first kappa shape index (κ1) is 20.5. The molecule has 0 atom stereocenters. The minimum atomic E-state index is -0.176. The van der Waals surface area contributed by atoms with Crippen LogP contribution in [0.15, 0.2) is 60.0 Å². The number of carbonyl (C=O) groups excluding carboxylic acids is 1. The molecule has 8 heteroatoms. The van der Waals surface area contributed by atoms with Crippen LogP contribution in [0.2, 0.25) is 0 Å². The zero-order valence-electron chi connectivity index (χ0n) is 16.4. The lowest BCUT2D eigenvalue weighted by atomic mass is 10.2. The van der Waals surface area contributed by atoms with Crippen molar-refractivity contribution in [2.45, 2.75) is 13.8 Å². The summed E-state index contributed by atoms with van der Waals surface area (Å²) in [6.07, 6.45) is 0. The number of rotatable bonds is 6. The summed E-state index contributed by atoms with van der Waals surface area (Å²) in [5.74, 6) is 1.24. The third-order valence-electron chi connectivity index (χ3n) is 4.33. The average Bonchev–Trinajstić information content (AvgIpc) is 3.36. The summed E-state index contributed by atoms with van der Waals surface area (Å²) in [7, 11) is 0. The van der Waals surface area contributed by atoms with Crippen molar-refractivity contribution in [3.05, 3.63) is 74.8 Å². The first-order valence-electron chi connectivity index (χ1n) is 9.37. The van der Waals surface area contributed by atoms with Gasteiger partial charge in [0.15, 0.2) is 0 Å². The van der Waals surface area contributed by atoms with E-state index in [1.807, 2.05) is 67.8 Å². The highest BCUT2D eigenvalue weighted by Gasteiger charge is 2.16. The van der Waals surface area contributed by atoms with Crippen LogP contribution in [0.3, 0.4) is 0 Å². The number of anilines is 1. The maximum absolute atomic E-state index is 12.8. The summed E-state index contributed by atoms with van der Waals surface area (Å²) in [4.78, 5) is 17.5. The Morgan fingerprint density at radius 1 is 1.20 bits per heavy atom. The van der Waals surface area contributed by atoms with Gasteiger partial charge in [-0.15, -0.1) is 11.3 Å². The molecule has 0 saturated carbocycles. The molecule has 0 bridgehead atoms. The Balaban J connectivity index is 1.60. The second-order valence-electron chi connectivity index (χ2n) is 6.49. The zero-order chi connectivity index (χ0) is 21.1. The Morgan fingerprint density at radius 3 is 2.70 bits per heavy atom. The lowest BCUT2D eigenvalue weighted by molar-refractivity contribution is 0.102. The lowest BCUT2D eigenvalue weighted by Crippen LogP contribution is -2.16. The number of amides is 1. The quantitative estimate of drug-likeness (QED) is 0.332. The second kappa shape index (κ2) is 8.97. The van der Waals surface area contributed by atoms with Crippen LogP contribution in [-0.2, 0) is 0 Å². The summed E-state index contributed by atoms with van der Waals surface area (Å²) in [5.41, 5.74) is 3.26. The third kappa shape index (κ3) is 4.39. The monoisotopic (exact) mass is 530 g/mol. The first-order valence-corrected chi connectivity index (χ1v) is 11.3. The number of thiazole rings is 1. The van der Waals surface area contributed by atoms with E-state index in [9.17, 15) is 4.79 Å². The predicted octanol–water partition coefficient (Wildman–Crippen LogP) is 5.56. The van der Waals surface area contributed by atoms with Crippen LogP contribution >= 0.6 is 33.9 Å². The fraction of sp³-hybridized carbons (Fsp3) is 0.136. The molecule has 2 aromatic heterocycles. The molecular weight excluding hydrogens is 511 g/mol. The van der Waals surface area contributed by atoms with Gasteiger partial charge in [0.1, 0.15) is 11.6 Å². The number of ether oxygens (including phenoxy) is 1. The van der Waals surface area contributed by atoms with Gasteiger partial charge in [0.25, 0.3) is 5.91 Å². The fourth-order valence-corrected chi connectivity index (χ4v) is 4.37. The van der Waals surface area contributed by atoms with Gasteiger partial charge in [-0.05, 0) is 72.8 Å². The van der Waals surface area contributed by atoms with Crippen LogP contribution < -0.4 is 10.1 Å². The van der Waals surface area contributed by atoms with Gasteiger partial charge in [-0.3, -0.25) is 4.79 Å². The number of halogens is 1. The van der Waals surface area contributed by atoms with E-state index in [0.717, 1.165) is 26.3 Å². The van der Waals surface area contributed by atoms with Crippen molar-refractivity contribution in [3.8, 4) is 22.1 Å². The number of aromatic nitrogens is 3. The van der Waals surface area contributed by atoms with Crippen LogP contribution in [0.1, 0.15) is 23.0 Å². The number of aryl methyl sites for hydroxylation is 1. The van der Waals surface area contributed by atoms with Gasteiger partial charge in [-0.1, -0.05) is 12.1 Å². The molecule has 6 nitrogen and oxygen atoms in total. The number of hydrogen-bond acceptors (Lipinski definition) is 5. The third-order valence-corrected chi connectivity index (χ3v) is 6.08. The van der Waals surface area contributed by atoms with Crippen LogP contribution in [0.4, 0.5) is 5.82 Å². The molecule has 30 heavy (non-hydrogen) atoms. The number of nitrogens with one attached hydrogen (secondary N) is 1. The minimum absolute atomic E-state index is 0.176. The second-order valence-corrected chi connectivity index (χ2v) is 8.49. The highest BCUT2D eigenvalue weighted by Crippen LogP contribution is 2.28. The molecule has 0 saturated heterocycles. The summed E-state index contributed by atoms with van der Waals surface area (Å²) in [6, 6.07) is 17.1. The molecule has 2 heterocycles. The van der Waals surface area contributed by atoms with E-state index in [0.29, 0.717) is 23.1 Å². The molecule has 0 aliphatic heterocycles. The van der Waals surface area contributed by atoms with Crippen molar-refractivity contribution >= 4 is 45.7 Å². The van der Waals surface area contributed by atoms with Crippen molar-refractivity contribution in [2.24, 2.45) is 0 Å². The van der Waals surface area contributed by atoms with Gasteiger partial charge in [-0.2, -0.15) is 9.78 Å². The van der Waals surface area contributed by atoms with E-state index in [2.05, 4.69) is 33.0 Å². The van der Waals surface area contributed by atoms with Crippen LogP contribution in [0.25, 0.3) is 16.4 Å². The molecule has 0 aliphatic carbocycles. The van der Waals surface area contributed by atoms with Crippen LogP contribution in [0, 0.1) is 10.5 Å². The Kier molecular flexibility index (Phi) is 6.14. The van der Waals surface area contributed by atoms with Gasteiger partial charge in [-0.25, -0.2) is 4.98 Å². The lowest BCUT2D eigenvalue weighted by Gasteiger charge is -2.08. The van der Waals surface area contributed by atoms with E-state index in [4.69, 9.17) is 9.72 Å². The van der Waals surface area contributed by atoms with E-state index in [1.54, 1.807) is 10.7 Å². The first-order chi connectivity index (χ1) is 14.5. The Morgan fingerprint density at radius 2 is 1.97 bits per heavy atom. The number of nitrogens with zero attached hydrogens (tertiary/aromatic N) is 3. The SMILES string of the molecule is CCOc1ccc(-c2csc(-n3nc(C)cc3NC(=O)c3ccccc3I)n2)cc1. The summed E-state index contributed by atoms with van der Waals surface area (Å²) < 4.78 is 8.06. The predicted molar refractivity (Wildman–Crippen MR) is 128 cm³/mol. The van der Waals surface area contributed by atoms with Crippen molar-refractivity contribution in [1.82, 2.24) is 14.8 Å². The molecular formula is C22H19IN4O2S. The number of carbonyl (C=O) groups is 1. The van der Waals surface area contributed by atoms with Crippen molar-refractivity contribution in [3.63, 3.8) is 0 Å². The highest BCUT2D eigenvalue weighted by molar-refractivity contribution is 14.1. The zero-order valence-corrected chi connectivity index (χ0v) is 19.4. The molecule has 0 radical (unpaired) electrons. The van der Waals surface area contributed by atoms with E-state index in [-0.39, 0.29) is 5.91 Å². The molecule has 4 aromatic rings. The fourth-order valence-electron chi connectivity index (χ4n) is 2.95. The van der Waals surface area contributed by atoms with Crippen LogP contribution in [-0.4, -0.2) is 27.3 Å². The maximum Gasteiger partial charge on any atom is 0.257 e.